The van der Waals surface area contributed by atoms with Crippen LogP contribution in [0.15, 0.2) is 78.9 Å². The second-order valence-corrected chi connectivity index (χ2v) is 10.4. The molecule has 1 heterocycles. The summed E-state index contributed by atoms with van der Waals surface area (Å²) in [5.41, 5.74) is 8.45. The Kier molecular flexibility index (Phi) is 5.43. The number of benzene rings is 3. The Balaban J connectivity index is 2.06. The average molecular weight is 410 g/mol. The smallest absolute Gasteiger partial charge is 0.231 e. The summed E-state index contributed by atoms with van der Waals surface area (Å²) in [4.78, 5) is 5.19. The minimum atomic E-state index is -0.0852. The fourth-order valence-corrected chi connectivity index (χ4v) is 4.53. The summed E-state index contributed by atoms with van der Waals surface area (Å²) in [5.74, 6) is 0. The van der Waals surface area contributed by atoms with Crippen LogP contribution in [0.5, 0.6) is 0 Å². The lowest BCUT2D eigenvalue weighted by atomic mass is 9.82. The van der Waals surface area contributed by atoms with Gasteiger partial charge in [0.15, 0.2) is 5.54 Å². The monoisotopic (exact) mass is 409 g/mol. The number of rotatable bonds is 3. The lowest BCUT2D eigenvalue weighted by Gasteiger charge is -2.25. The van der Waals surface area contributed by atoms with E-state index in [4.69, 9.17) is 4.98 Å². The van der Waals surface area contributed by atoms with Gasteiger partial charge in [-0.15, -0.1) is 0 Å². The van der Waals surface area contributed by atoms with Crippen LogP contribution in [-0.2, 0) is 17.4 Å². The molecule has 0 aliphatic rings. The van der Waals surface area contributed by atoms with Gasteiger partial charge in [0.25, 0.3) is 0 Å². The maximum absolute atomic E-state index is 5.19. The van der Waals surface area contributed by atoms with Gasteiger partial charge < -0.3 is 0 Å². The van der Waals surface area contributed by atoms with Gasteiger partial charge in [0.2, 0.25) is 11.2 Å². The average Bonchev–Trinajstić information content (AvgIpc) is 2.72. The Morgan fingerprint density at radius 1 is 0.710 bits per heavy atom. The van der Waals surface area contributed by atoms with E-state index < -0.39 is 0 Å². The predicted octanol–water partition coefficient (Wildman–Crippen LogP) is 6.83. The first kappa shape index (κ1) is 21.2. The molecule has 0 atom stereocenters. The highest BCUT2D eigenvalue weighted by Gasteiger charge is 2.33. The zero-order chi connectivity index (χ0) is 22.2. The Labute approximate surface area is 186 Å². The maximum atomic E-state index is 5.19. The first-order valence-corrected chi connectivity index (χ1v) is 11.1. The minimum Gasteiger partial charge on any atom is -0.235 e. The molecule has 2 nitrogen and oxygen atoms in total. The van der Waals surface area contributed by atoms with Gasteiger partial charge in [-0.2, -0.15) is 4.57 Å². The van der Waals surface area contributed by atoms with Gasteiger partial charge in [0.1, 0.15) is 11.2 Å². The standard InChI is InChI=1S/C29H33N2/c1-28(2,3)23-17-11-10-16-22(23)20-26-27(21-14-8-7-9-15-21)30-24-18-12-13-19-25(24)31(26)29(4,5)6/h7-19H,20H2,1-6H3/q+1. The molecular formula is C29H33N2+. The van der Waals surface area contributed by atoms with Crippen LogP contribution < -0.4 is 4.57 Å². The van der Waals surface area contributed by atoms with E-state index in [9.17, 15) is 0 Å². The van der Waals surface area contributed by atoms with Crippen LogP contribution in [0, 0.1) is 0 Å². The third-order valence-electron chi connectivity index (χ3n) is 5.80. The summed E-state index contributed by atoms with van der Waals surface area (Å²) in [6.45, 7) is 13.7. The van der Waals surface area contributed by atoms with Gasteiger partial charge in [0, 0.05) is 32.4 Å². The zero-order valence-electron chi connectivity index (χ0n) is 19.6. The summed E-state index contributed by atoms with van der Waals surface area (Å²) < 4.78 is 2.50. The highest BCUT2D eigenvalue weighted by molar-refractivity contribution is 5.75. The molecule has 0 radical (unpaired) electrons. The van der Waals surface area contributed by atoms with E-state index in [1.54, 1.807) is 0 Å². The van der Waals surface area contributed by atoms with Crippen LogP contribution in [0.3, 0.4) is 0 Å². The van der Waals surface area contributed by atoms with Gasteiger partial charge in [-0.3, -0.25) is 0 Å². The molecule has 0 amide bonds. The molecule has 0 spiro atoms. The minimum absolute atomic E-state index is 0.0837. The van der Waals surface area contributed by atoms with Crippen LogP contribution in [-0.4, -0.2) is 4.98 Å². The fraction of sp³-hybridized carbons (Fsp3) is 0.310. The molecule has 0 N–H and O–H groups in total. The van der Waals surface area contributed by atoms with Crippen LogP contribution in [0.25, 0.3) is 22.3 Å². The first-order chi connectivity index (χ1) is 14.7. The number of aromatic nitrogens is 2. The van der Waals surface area contributed by atoms with Crippen molar-refractivity contribution in [1.29, 1.82) is 0 Å². The molecule has 31 heavy (non-hydrogen) atoms. The Hall–Kier alpha value is -3.00. The quantitative estimate of drug-likeness (QED) is 0.339. The van der Waals surface area contributed by atoms with Crippen molar-refractivity contribution in [3.63, 3.8) is 0 Å². The van der Waals surface area contributed by atoms with E-state index in [1.807, 2.05) is 0 Å². The second kappa shape index (κ2) is 7.92. The van der Waals surface area contributed by atoms with Crippen LogP contribution >= 0.6 is 0 Å². The van der Waals surface area contributed by atoms with Crippen molar-refractivity contribution >= 4 is 11.0 Å². The molecule has 0 saturated heterocycles. The van der Waals surface area contributed by atoms with Crippen molar-refractivity contribution in [2.24, 2.45) is 0 Å². The van der Waals surface area contributed by atoms with E-state index in [0.29, 0.717) is 0 Å². The molecule has 0 bridgehead atoms. The summed E-state index contributed by atoms with van der Waals surface area (Å²) >= 11 is 0. The molecule has 0 aliphatic carbocycles. The lowest BCUT2D eigenvalue weighted by molar-refractivity contribution is -0.736. The van der Waals surface area contributed by atoms with Crippen LogP contribution in [0.1, 0.15) is 58.4 Å². The predicted molar refractivity (Wildman–Crippen MR) is 130 cm³/mol. The van der Waals surface area contributed by atoms with Crippen molar-refractivity contribution in [3.05, 3.63) is 95.7 Å². The zero-order valence-corrected chi connectivity index (χ0v) is 19.6. The highest BCUT2D eigenvalue weighted by Crippen LogP contribution is 2.31. The van der Waals surface area contributed by atoms with Gasteiger partial charge in [-0.05, 0) is 22.6 Å². The largest absolute Gasteiger partial charge is 0.235 e. The Morgan fingerprint density at radius 2 is 1.32 bits per heavy atom. The van der Waals surface area contributed by atoms with Gasteiger partial charge in [-0.25, -0.2) is 4.98 Å². The van der Waals surface area contributed by atoms with Crippen molar-refractivity contribution in [3.8, 4) is 11.3 Å². The molecule has 0 unspecified atom stereocenters. The third-order valence-corrected chi connectivity index (χ3v) is 5.80. The summed E-state index contributed by atoms with van der Waals surface area (Å²) in [6, 6.07) is 28.0. The number of fused-ring (bicyclic) bond motifs is 1. The Bertz CT molecular complexity index is 1210. The number of para-hydroxylation sites is 2. The second-order valence-electron chi connectivity index (χ2n) is 10.4. The van der Waals surface area contributed by atoms with Gasteiger partial charge in [0.05, 0.1) is 6.42 Å². The number of hydrogen-bond acceptors (Lipinski definition) is 1. The maximum Gasteiger partial charge on any atom is 0.231 e. The summed E-state index contributed by atoms with van der Waals surface area (Å²) in [7, 11) is 0. The van der Waals surface area contributed by atoms with Crippen molar-refractivity contribution < 1.29 is 4.57 Å². The Morgan fingerprint density at radius 3 is 2.00 bits per heavy atom. The van der Waals surface area contributed by atoms with E-state index in [2.05, 4.69) is 125 Å². The van der Waals surface area contributed by atoms with Crippen molar-refractivity contribution in [2.75, 3.05) is 0 Å². The molecule has 2 heteroatoms. The molecule has 4 rings (SSSR count). The van der Waals surface area contributed by atoms with Crippen molar-refractivity contribution in [2.45, 2.75) is 58.9 Å². The third kappa shape index (κ3) is 4.25. The van der Waals surface area contributed by atoms with Gasteiger partial charge >= 0.3 is 0 Å². The SMILES string of the molecule is CC(C)(C)c1ccccc1Cc1c(-c2ccccc2)nc2ccccc2[n+]1C(C)(C)C. The molecule has 158 valence electrons. The van der Waals surface area contributed by atoms with Gasteiger partial charge in [-0.1, -0.05) is 87.5 Å². The summed E-state index contributed by atoms with van der Waals surface area (Å²) in [6.07, 6.45) is 0.840. The molecule has 4 aromatic rings. The number of hydrogen-bond donors (Lipinski definition) is 0. The molecule has 1 aromatic heterocycles. The van der Waals surface area contributed by atoms with Crippen LogP contribution in [0.4, 0.5) is 0 Å². The molecule has 0 saturated carbocycles. The van der Waals surface area contributed by atoms with Crippen LogP contribution in [0.2, 0.25) is 0 Å². The molecule has 0 fully saturated rings. The number of nitrogens with zero attached hydrogens (tertiary/aromatic N) is 2. The lowest BCUT2D eigenvalue weighted by Crippen LogP contribution is -2.54. The van der Waals surface area contributed by atoms with E-state index in [1.165, 1.54) is 22.3 Å². The normalized spacial score (nSPS) is 12.3. The van der Waals surface area contributed by atoms with Crippen molar-refractivity contribution in [1.82, 2.24) is 4.98 Å². The van der Waals surface area contributed by atoms with E-state index >= 15 is 0 Å². The topological polar surface area (TPSA) is 16.8 Å². The highest BCUT2D eigenvalue weighted by atomic mass is 15.1. The molecule has 0 aliphatic heterocycles. The molecule has 3 aromatic carbocycles. The summed E-state index contributed by atoms with van der Waals surface area (Å²) in [5, 5.41) is 0. The first-order valence-electron chi connectivity index (χ1n) is 11.1. The molecular weight excluding hydrogens is 376 g/mol. The van der Waals surface area contributed by atoms with E-state index in [0.717, 1.165) is 23.2 Å². The fourth-order valence-electron chi connectivity index (χ4n) is 4.53. The van der Waals surface area contributed by atoms with E-state index in [-0.39, 0.29) is 11.0 Å².